The number of aliphatic carboxylic acids is 1. The van der Waals surface area contributed by atoms with Crippen LogP contribution in [0.3, 0.4) is 0 Å². The Bertz CT molecular complexity index is 733. The summed E-state index contributed by atoms with van der Waals surface area (Å²) in [6.07, 6.45) is 0.312. The van der Waals surface area contributed by atoms with Gasteiger partial charge < -0.3 is 14.8 Å². The van der Waals surface area contributed by atoms with E-state index < -0.39 is 11.5 Å². The predicted octanol–water partition coefficient (Wildman–Crippen LogP) is 3.77. The van der Waals surface area contributed by atoms with Crippen LogP contribution >= 0.6 is 11.6 Å². The zero-order valence-electron chi connectivity index (χ0n) is 12.7. The highest BCUT2D eigenvalue weighted by Crippen LogP contribution is 2.31. The first-order chi connectivity index (χ1) is 10.2. The quantitative estimate of drug-likeness (QED) is 0.877. The SMILES string of the molecule is Cc1c(C(=O)NC(C)(C)CCC(=O)O)oc2c(Cl)cccc12. The number of nitrogens with one attached hydrogen (secondary N) is 1. The second-order valence-electron chi connectivity index (χ2n) is 5.90. The van der Waals surface area contributed by atoms with E-state index >= 15 is 0 Å². The summed E-state index contributed by atoms with van der Waals surface area (Å²) in [6.45, 7) is 5.35. The Kier molecular flexibility index (Phi) is 4.47. The van der Waals surface area contributed by atoms with Crippen LogP contribution in [0.5, 0.6) is 0 Å². The van der Waals surface area contributed by atoms with E-state index in [0.29, 0.717) is 22.6 Å². The molecule has 0 spiro atoms. The molecule has 0 saturated carbocycles. The van der Waals surface area contributed by atoms with Gasteiger partial charge in [-0.1, -0.05) is 23.7 Å². The van der Waals surface area contributed by atoms with Gasteiger partial charge in [-0.2, -0.15) is 0 Å². The maximum absolute atomic E-state index is 12.4. The zero-order chi connectivity index (χ0) is 16.5. The minimum atomic E-state index is -0.894. The van der Waals surface area contributed by atoms with Crippen LogP contribution in [0.1, 0.15) is 42.8 Å². The summed E-state index contributed by atoms with van der Waals surface area (Å²) < 4.78 is 5.60. The lowest BCUT2D eigenvalue weighted by molar-refractivity contribution is -0.137. The minimum absolute atomic E-state index is 0.0157. The van der Waals surface area contributed by atoms with Gasteiger partial charge in [-0.15, -0.1) is 0 Å². The molecule has 0 radical (unpaired) electrons. The molecule has 0 atom stereocenters. The number of benzene rings is 1. The number of carbonyl (C=O) groups excluding carboxylic acids is 1. The predicted molar refractivity (Wildman–Crippen MR) is 84.4 cm³/mol. The summed E-state index contributed by atoms with van der Waals surface area (Å²) in [5.74, 6) is -1.07. The molecule has 118 valence electrons. The summed E-state index contributed by atoms with van der Waals surface area (Å²) in [6, 6.07) is 5.34. The van der Waals surface area contributed by atoms with Crippen molar-refractivity contribution in [1.29, 1.82) is 0 Å². The number of carbonyl (C=O) groups is 2. The summed E-state index contributed by atoms with van der Waals surface area (Å²) in [5, 5.41) is 12.8. The fourth-order valence-corrected chi connectivity index (χ4v) is 2.48. The van der Waals surface area contributed by atoms with Crippen molar-refractivity contribution < 1.29 is 19.1 Å². The molecule has 0 saturated heterocycles. The van der Waals surface area contributed by atoms with Gasteiger partial charge in [0.25, 0.3) is 5.91 Å². The Hall–Kier alpha value is -2.01. The van der Waals surface area contributed by atoms with Crippen molar-refractivity contribution in [2.45, 2.75) is 39.2 Å². The number of carboxylic acids is 1. The summed E-state index contributed by atoms with van der Waals surface area (Å²) in [5.41, 5.74) is 0.546. The van der Waals surface area contributed by atoms with Crippen LogP contribution < -0.4 is 5.32 Å². The number of aryl methyl sites for hydroxylation is 1. The van der Waals surface area contributed by atoms with E-state index in [1.165, 1.54) is 0 Å². The van der Waals surface area contributed by atoms with Crippen LogP contribution in [0.4, 0.5) is 0 Å². The molecule has 0 fully saturated rings. The number of halogens is 1. The first-order valence-electron chi connectivity index (χ1n) is 6.93. The molecule has 1 aromatic carbocycles. The number of hydrogen-bond acceptors (Lipinski definition) is 3. The lowest BCUT2D eigenvalue weighted by atomic mass is 9.98. The van der Waals surface area contributed by atoms with Crippen LogP contribution in [-0.2, 0) is 4.79 Å². The highest BCUT2D eigenvalue weighted by molar-refractivity contribution is 6.35. The number of furan rings is 1. The van der Waals surface area contributed by atoms with E-state index in [2.05, 4.69) is 5.32 Å². The van der Waals surface area contributed by atoms with Gasteiger partial charge in [0.2, 0.25) is 0 Å². The third kappa shape index (κ3) is 3.42. The largest absolute Gasteiger partial charge is 0.481 e. The third-order valence-corrected chi connectivity index (χ3v) is 3.84. The Labute approximate surface area is 133 Å². The number of hydrogen-bond donors (Lipinski definition) is 2. The van der Waals surface area contributed by atoms with Gasteiger partial charge in [0.15, 0.2) is 11.3 Å². The molecule has 2 aromatic rings. The molecule has 0 aliphatic rings. The highest BCUT2D eigenvalue weighted by Gasteiger charge is 2.26. The molecular formula is C16H18ClNO4. The lowest BCUT2D eigenvalue weighted by Crippen LogP contribution is -2.43. The van der Waals surface area contributed by atoms with Crippen LogP contribution in [0.25, 0.3) is 11.0 Å². The van der Waals surface area contributed by atoms with Gasteiger partial charge >= 0.3 is 5.97 Å². The van der Waals surface area contributed by atoms with Crippen molar-refractivity contribution in [3.05, 3.63) is 34.5 Å². The molecule has 22 heavy (non-hydrogen) atoms. The molecular weight excluding hydrogens is 306 g/mol. The molecule has 0 aliphatic carbocycles. The standard InChI is InChI=1S/C16H18ClNO4/c1-9-10-5-4-6-11(17)14(10)22-13(9)15(21)18-16(2,3)8-7-12(19)20/h4-6H,7-8H2,1-3H3,(H,18,21)(H,19,20). The number of fused-ring (bicyclic) bond motifs is 1. The van der Waals surface area contributed by atoms with E-state index in [-0.39, 0.29) is 18.1 Å². The van der Waals surface area contributed by atoms with Crippen molar-refractivity contribution in [2.75, 3.05) is 0 Å². The summed E-state index contributed by atoms with van der Waals surface area (Å²) >= 11 is 6.07. The molecule has 1 amide bonds. The Balaban J connectivity index is 2.25. The molecule has 6 heteroatoms. The Morgan fingerprint density at radius 2 is 2.05 bits per heavy atom. The molecule has 1 aromatic heterocycles. The molecule has 1 heterocycles. The molecule has 2 N–H and O–H groups in total. The van der Waals surface area contributed by atoms with Crippen LogP contribution in [0.15, 0.2) is 22.6 Å². The van der Waals surface area contributed by atoms with Crippen LogP contribution in [0, 0.1) is 6.92 Å². The molecule has 0 bridgehead atoms. The first-order valence-corrected chi connectivity index (χ1v) is 7.31. The van der Waals surface area contributed by atoms with Crippen molar-refractivity contribution >= 4 is 34.4 Å². The lowest BCUT2D eigenvalue weighted by Gasteiger charge is -2.25. The number of carboxylic acid groups (broad SMARTS) is 1. The minimum Gasteiger partial charge on any atom is -0.481 e. The van der Waals surface area contributed by atoms with Crippen LogP contribution in [0.2, 0.25) is 5.02 Å². The molecule has 0 aliphatic heterocycles. The first kappa shape index (κ1) is 16.4. The average molecular weight is 324 g/mol. The van der Waals surface area contributed by atoms with Crippen molar-refractivity contribution in [3.63, 3.8) is 0 Å². The van der Waals surface area contributed by atoms with E-state index in [4.69, 9.17) is 21.1 Å². The van der Waals surface area contributed by atoms with E-state index in [1.54, 1.807) is 32.9 Å². The van der Waals surface area contributed by atoms with Gasteiger partial charge in [-0.3, -0.25) is 9.59 Å². The number of rotatable bonds is 5. The summed E-state index contributed by atoms with van der Waals surface area (Å²) in [7, 11) is 0. The fraction of sp³-hybridized carbons (Fsp3) is 0.375. The van der Waals surface area contributed by atoms with E-state index in [0.717, 1.165) is 5.39 Å². The van der Waals surface area contributed by atoms with Gasteiger partial charge in [0.05, 0.1) is 5.02 Å². The van der Waals surface area contributed by atoms with Gasteiger partial charge in [0.1, 0.15) is 0 Å². The number of amides is 1. The van der Waals surface area contributed by atoms with Gasteiger partial charge in [-0.05, 0) is 33.3 Å². The van der Waals surface area contributed by atoms with Crippen molar-refractivity contribution in [3.8, 4) is 0 Å². The maximum Gasteiger partial charge on any atom is 0.303 e. The highest BCUT2D eigenvalue weighted by atomic mass is 35.5. The number of para-hydroxylation sites is 1. The summed E-state index contributed by atoms with van der Waals surface area (Å²) in [4.78, 5) is 23.1. The molecule has 2 rings (SSSR count). The fourth-order valence-electron chi connectivity index (χ4n) is 2.27. The molecule has 5 nitrogen and oxygen atoms in total. The third-order valence-electron chi connectivity index (χ3n) is 3.54. The zero-order valence-corrected chi connectivity index (χ0v) is 13.5. The Morgan fingerprint density at radius 1 is 1.36 bits per heavy atom. The maximum atomic E-state index is 12.4. The molecule has 0 unspecified atom stereocenters. The second kappa shape index (κ2) is 6.01. The normalized spacial score (nSPS) is 11.6. The van der Waals surface area contributed by atoms with Crippen LogP contribution in [-0.4, -0.2) is 22.5 Å². The topological polar surface area (TPSA) is 79.5 Å². The average Bonchev–Trinajstić information content (AvgIpc) is 2.76. The second-order valence-corrected chi connectivity index (χ2v) is 6.31. The van der Waals surface area contributed by atoms with Gasteiger partial charge in [-0.25, -0.2) is 0 Å². The van der Waals surface area contributed by atoms with Crippen molar-refractivity contribution in [1.82, 2.24) is 5.32 Å². The Morgan fingerprint density at radius 3 is 2.64 bits per heavy atom. The van der Waals surface area contributed by atoms with Crippen molar-refractivity contribution in [2.24, 2.45) is 0 Å². The van der Waals surface area contributed by atoms with E-state index in [9.17, 15) is 9.59 Å². The van der Waals surface area contributed by atoms with E-state index in [1.807, 2.05) is 6.07 Å². The smallest absolute Gasteiger partial charge is 0.303 e. The van der Waals surface area contributed by atoms with Gasteiger partial charge in [0, 0.05) is 22.9 Å². The monoisotopic (exact) mass is 323 g/mol.